The van der Waals surface area contributed by atoms with Crippen molar-refractivity contribution in [3.63, 3.8) is 0 Å². The number of benzene rings is 1. The van der Waals surface area contributed by atoms with E-state index in [9.17, 15) is 4.39 Å². The summed E-state index contributed by atoms with van der Waals surface area (Å²) in [6.45, 7) is 2.40. The van der Waals surface area contributed by atoms with Gasteiger partial charge in [0.2, 0.25) is 0 Å². The van der Waals surface area contributed by atoms with Crippen molar-refractivity contribution in [1.29, 1.82) is 0 Å². The molecule has 1 atom stereocenters. The Morgan fingerprint density at radius 1 is 1.26 bits per heavy atom. The van der Waals surface area contributed by atoms with Crippen LogP contribution in [0.5, 0.6) is 0 Å². The first-order valence-electron chi connectivity index (χ1n) is 6.24. The Balaban J connectivity index is 2.12. The van der Waals surface area contributed by atoms with Crippen molar-refractivity contribution in [1.82, 2.24) is 4.98 Å². The molecule has 0 amide bonds. The zero-order valence-corrected chi connectivity index (χ0v) is 11.2. The molecule has 2 N–H and O–H groups in total. The molecule has 100 valence electrons. The molecule has 4 heteroatoms. The van der Waals surface area contributed by atoms with Crippen LogP contribution in [-0.2, 0) is 6.54 Å². The Morgan fingerprint density at radius 3 is 2.58 bits per heavy atom. The lowest BCUT2D eigenvalue weighted by atomic mass is 10.2. The maximum absolute atomic E-state index is 13.6. The van der Waals surface area contributed by atoms with Gasteiger partial charge < -0.3 is 10.6 Å². The van der Waals surface area contributed by atoms with Crippen LogP contribution in [0.3, 0.4) is 0 Å². The van der Waals surface area contributed by atoms with E-state index in [1.807, 2.05) is 37.1 Å². The number of hydrogen-bond donors (Lipinski definition) is 1. The number of halogens is 1. The van der Waals surface area contributed by atoms with Crippen molar-refractivity contribution in [2.24, 2.45) is 5.73 Å². The fourth-order valence-corrected chi connectivity index (χ4v) is 1.87. The predicted molar refractivity (Wildman–Crippen MR) is 75.3 cm³/mol. The highest BCUT2D eigenvalue weighted by molar-refractivity contribution is 5.44. The number of nitrogens with zero attached hydrogens (tertiary/aromatic N) is 2. The largest absolute Gasteiger partial charge is 0.369 e. The lowest BCUT2D eigenvalue weighted by Crippen LogP contribution is -2.18. The van der Waals surface area contributed by atoms with Crippen LogP contribution < -0.4 is 10.6 Å². The quantitative estimate of drug-likeness (QED) is 0.918. The standard InChI is InChI=1S/C15H18FN3/c1-11(17)15-8-7-13(9-18-15)19(2)10-12-5-3-4-6-14(12)16/h3-9,11H,10,17H2,1-2H3/t11-/m1/s1. The van der Waals surface area contributed by atoms with E-state index >= 15 is 0 Å². The molecule has 0 radical (unpaired) electrons. The minimum atomic E-state index is -0.186. The maximum Gasteiger partial charge on any atom is 0.128 e. The average molecular weight is 259 g/mol. The van der Waals surface area contributed by atoms with Gasteiger partial charge >= 0.3 is 0 Å². The van der Waals surface area contributed by atoms with Crippen LogP contribution in [0.1, 0.15) is 24.2 Å². The molecule has 19 heavy (non-hydrogen) atoms. The number of aromatic nitrogens is 1. The summed E-state index contributed by atoms with van der Waals surface area (Å²) >= 11 is 0. The molecule has 3 nitrogen and oxygen atoms in total. The van der Waals surface area contributed by atoms with Crippen LogP contribution in [-0.4, -0.2) is 12.0 Å². The van der Waals surface area contributed by atoms with Gasteiger partial charge in [0.25, 0.3) is 0 Å². The van der Waals surface area contributed by atoms with E-state index in [0.29, 0.717) is 12.1 Å². The van der Waals surface area contributed by atoms with E-state index in [2.05, 4.69) is 4.98 Å². The molecule has 2 aromatic rings. The smallest absolute Gasteiger partial charge is 0.128 e. The third-order valence-electron chi connectivity index (χ3n) is 3.04. The van der Waals surface area contributed by atoms with Gasteiger partial charge in [-0.25, -0.2) is 4.39 Å². The number of anilines is 1. The zero-order chi connectivity index (χ0) is 13.8. The topological polar surface area (TPSA) is 42.1 Å². The lowest BCUT2D eigenvalue weighted by molar-refractivity contribution is 0.608. The molecule has 0 aliphatic rings. The Kier molecular flexibility index (Phi) is 4.12. The average Bonchev–Trinajstić information content (AvgIpc) is 2.41. The molecule has 0 aliphatic carbocycles. The first-order valence-corrected chi connectivity index (χ1v) is 6.24. The van der Waals surface area contributed by atoms with Crippen molar-refractivity contribution in [2.45, 2.75) is 19.5 Å². The second-order valence-electron chi connectivity index (χ2n) is 4.68. The normalized spacial score (nSPS) is 12.2. The fourth-order valence-electron chi connectivity index (χ4n) is 1.87. The summed E-state index contributed by atoms with van der Waals surface area (Å²) < 4.78 is 13.6. The van der Waals surface area contributed by atoms with Crippen LogP contribution in [0.25, 0.3) is 0 Å². The van der Waals surface area contributed by atoms with E-state index in [1.165, 1.54) is 6.07 Å². The number of rotatable bonds is 4. The molecule has 2 rings (SSSR count). The van der Waals surface area contributed by atoms with Crippen LogP contribution in [0.2, 0.25) is 0 Å². The third kappa shape index (κ3) is 3.29. The van der Waals surface area contributed by atoms with E-state index in [-0.39, 0.29) is 11.9 Å². The van der Waals surface area contributed by atoms with Crippen molar-refractivity contribution >= 4 is 5.69 Å². The molecular weight excluding hydrogens is 241 g/mol. The highest BCUT2D eigenvalue weighted by atomic mass is 19.1. The van der Waals surface area contributed by atoms with Crippen LogP contribution in [0.4, 0.5) is 10.1 Å². The molecule has 0 saturated carbocycles. The maximum atomic E-state index is 13.6. The van der Waals surface area contributed by atoms with Crippen molar-refractivity contribution in [2.75, 3.05) is 11.9 Å². The van der Waals surface area contributed by atoms with Gasteiger partial charge in [-0.2, -0.15) is 0 Å². The summed E-state index contributed by atoms with van der Waals surface area (Å²) in [5.74, 6) is -0.186. The predicted octanol–water partition coefficient (Wildman–Crippen LogP) is 2.88. The monoisotopic (exact) mass is 259 g/mol. The summed E-state index contributed by atoms with van der Waals surface area (Å²) in [6.07, 6.45) is 1.76. The highest BCUT2D eigenvalue weighted by Gasteiger charge is 2.07. The zero-order valence-electron chi connectivity index (χ0n) is 11.2. The van der Waals surface area contributed by atoms with Crippen LogP contribution >= 0.6 is 0 Å². The van der Waals surface area contributed by atoms with Crippen molar-refractivity contribution < 1.29 is 4.39 Å². The second-order valence-corrected chi connectivity index (χ2v) is 4.68. The molecule has 0 unspecified atom stereocenters. The summed E-state index contributed by atoms with van der Waals surface area (Å²) in [5, 5.41) is 0. The van der Waals surface area contributed by atoms with E-state index in [0.717, 1.165) is 11.4 Å². The molecule has 1 aromatic heterocycles. The minimum absolute atomic E-state index is 0.0778. The summed E-state index contributed by atoms with van der Waals surface area (Å²) in [5.41, 5.74) is 8.21. The van der Waals surface area contributed by atoms with Gasteiger partial charge in [-0.15, -0.1) is 0 Å². The first kappa shape index (κ1) is 13.5. The summed E-state index contributed by atoms with van der Waals surface area (Å²) in [4.78, 5) is 6.26. The van der Waals surface area contributed by atoms with Gasteiger partial charge in [0, 0.05) is 25.2 Å². The minimum Gasteiger partial charge on any atom is -0.369 e. The second kappa shape index (κ2) is 5.80. The number of pyridine rings is 1. The Labute approximate surface area is 112 Å². The highest BCUT2D eigenvalue weighted by Crippen LogP contribution is 2.17. The molecule has 0 aliphatic heterocycles. The van der Waals surface area contributed by atoms with E-state index < -0.39 is 0 Å². The number of hydrogen-bond acceptors (Lipinski definition) is 3. The number of nitrogens with two attached hydrogens (primary N) is 1. The fraction of sp³-hybridized carbons (Fsp3) is 0.267. The van der Waals surface area contributed by atoms with Gasteiger partial charge in [0.05, 0.1) is 17.6 Å². The van der Waals surface area contributed by atoms with Crippen molar-refractivity contribution in [3.05, 3.63) is 59.7 Å². The van der Waals surface area contributed by atoms with Gasteiger partial charge in [-0.3, -0.25) is 4.98 Å². The molecule has 0 bridgehead atoms. The van der Waals surface area contributed by atoms with Crippen LogP contribution in [0.15, 0.2) is 42.6 Å². The first-order chi connectivity index (χ1) is 9.08. The van der Waals surface area contributed by atoms with E-state index in [4.69, 9.17) is 5.73 Å². The van der Waals surface area contributed by atoms with Gasteiger partial charge in [-0.05, 0) is 25.1 Å². The van der Waals surface area contributed by atoms with Gasteiger partial charge in [-0.1, -0.05) is 18.2 Å². The summed E-state index contributed by atoms with van der Waals surface area (Å²) in [6, 6.07) is 10.6. The Bertz CT molecular complexity index is 537. The van der Waals surface area contributed by atoms with Gasteiger partial charge in [0.15, 0.2) is 0 Å². The van der Waals surface area contributed by atoms with E-state index in [1.54, 1.807) is 18.3 Å². The van der Waals surface area contributed by atoms with Gasteiger partial charge in [0.1, 0.15) is 5.82 Å². The lowest BCUT2D eigenvalue weighted by Gasteiger charge is -2.19. The molecular formula is C15H18FN3. The van der Waals surface area contributed by atoms with Crippen molar-refractivity contribution in [3.8, 4) is 0 Å². The molecule has 0 saturated heterocycles. The Morgan fingerprint density at radius 2 is 2.00 bits per heavy atom. The summed E-state index contributed by atoms with van der Waals surface area (Å²) in [7, 11) is 1.91. The third-order valence-corrected chi connectivity index (χ3v) is 3.04. The molecule has 1 heterocycles. The Hall–Kier alpha value is -1.94. The SMILES string of the molecule is C[C@@H](N)c1ccc(N(C)Cc2ccccc2F)cn1. The molecule has 0 spiro atoms. The molecule has 1 aromatic carbocycles. The van der Waals surface area contributed by atoms with Crippen LogP contribution in [0, 0.1) is 5.82 Å². The molecule has 0 fully saturated rings.